The van der Waals surface area contributed by atoms with Gasteiger partial charge < -0.3 is 4.90 Å². The number of benzene rings is 1. The number of carbonyl (C=O) groups is 1. The second-order valence-corrected chi connectivity index (χ2v) is 6.02. The normalized spacial score (nSPS) is 23.1. The van der Waals surface area contributed by atoms with Gasteiger partial charge in [-0.05, 0) is 49.7 Å². The van der Waals surface area contributed by atoms with Crippen LogP contribution in [0.1, 0.15) is 43.7 Å². The van der Waals surface area contributed by atoms with Gasteiger partial charge in [-0.2, -0.15) is 0 Å². The van der Waals surface area contributed by atoms with Gasteiger partial charge in [0, 0.05) is 13.1 Å². The minimum atomic E-state index is 0.258. The van der Waals surface area contributed by atoms with Crippen molar-refractivity contribution < 1.29 is 4.79 Å². The molecule has 104 valence electrons. The monoisotopic (exact) mass is 259 g/mol. The van der Waals surface area contributed by atoms with Crippen LogP contribution in [0.3, 0.4) is 0 Å². The van der Waals surface area contributed by atoms with E-state index in [9.17, 15) is 4.79 Å². The standard InChI is InChI=1S/C17H25NO/c1-13-8-10-16(11-9-13)18(3)17(19)12-15-7-5-4-6-14(15)2/h4-7,13,16H,8-12H2,1-3H3. The van der Waals surface area contributed by atoms with E-state index in [1.54, 1.807) is 0 Å². The van der Waals surface area contributed by atoms with E-state index < -0.39 is 0 Å². The molecule has 0 saturated heterocycles. The van der Waals surface area contributed by atoms with Crippen LogP contribution in [-0.4, -0.2) is 23.9 Å². The van der Waals surface area contributed by atoms with Crippen LogP contribution in [0.5, 0.6) is 0 Å². The van der Waals surface area contributed by atoms with Crippen LogP contribution in [0, 0.1) is 12.8 Å². The third-order valence-corrected chi connectivity index (χ3v) is 4.53. The molecular weight excluding hydrogens is 234 g/mol. The molecule has 0 spiro atoms. The molecule has 2 rings (SSSR count). The summed E-state index contributed by atoms with van der Waals surface area (Å²) in [5, 5.41) is 0. The fourth-order valence-electron chi connectivity index (χ4n) is 2.93. The third-order valence-electron chi connectivity index (χ3n) is 4.53. The quantitative estimate of drug-likeness (QED) is 0.812. The summed E-state index contributed by atoms with van der Waals surface area (Å²) in [6.07, 6.45) is 5.38. The van der Waals surface area contributed by atoms with Gasteiger partial charge in [0.05, 0.1) is 6.42 Å². The summed E-state index contributed by atoms with van der Waals surface area (Å²) in [6.45, 7) is 4.39. The number of aryl methyl sites for hydroxylation is 1. The highest BCUT2D eigenvalue weighted by Crippen LogP contribution is 2.26. The molecule has 0 N–H and O–H groups in total. The minimum Gasteiger partial charge on any atom is -0.342 e. The van der Waals surface area contributed by atoms with Crippen LogP contribution >= 0.6 is 0 Å². The summed E-state index contributed by atoms with van der Waals surface area (Å²) >= 11 is 0. The highest BCUT2D eigenvalue weighted by molar-refractivity contribution is 5.79. The number of amides is 1. The lowest BCUT2D eigenvalue weighted by atomic mass is 9.86. The van der Waals surface area contributed by atoms with Gasteiger partial charge in [-0.25, -0.2) is 0 Å². The molecule has 0 bridgehead atoms. The van der Waals surface area contributed by atoms with Gasteiger partial charge in [-0.1, -0.05) is 31.2 Å². The summed E-state index contributed by atoms with van der Waals surface area (Å²) in [5.74, 6) is 1.09. The number of hydrogen-bond donors (Lipinski definition) is 0. The molecule has 19 heavy (non-hydrogen) atoms. The Kier molecular flexibility index (Phi) is 4.62. The van der Waals surface area contributed by atoms with E-state index in [0.29, 0.717) is 12.5 Å². The maximum absolute atomic E-state index is 12.4. The maximum Gasteiger partial charge on any atom is 0.226 e. The van der Waals surface area contributed by atoms with Crippen LogP contribution in [0.4, 0.5) is 0 Å². The predicted octanol–water partition coefficient (Wildman–Crippen LogP) is 3.57. The lowest BCUT2D eigenvalue weighted by Gasteiger charge is -2.33. The fraction of sp³-hybridized carbons (Fsp3) is 0.588. The van der Waals surface area contributed by atoms with Crippen LogP contribution in [-0.2, 0) is 11.2 Å². The molecule has 1 aromatic rings. The Hall–Kier alpha value is -1.31. The number of rotatable bonds is 3. The summed E-state index contributed by atoms with van der Waals surface area (Å²) in [7, 11) is 1.97. The summed E-state index contributed by atoms with van der Waals surface area (Å²) in [4.78, 5) is 14.4. The molecule has 0 aliphatic heterocycles. The second-order valence-electron chi connectivity index (χ2n) is 6.02. The van der Waals surface area contributed by atoms with Crippen LogP contribution in [0.25, 0.3) is 0 Å². The van der Waals surface area contributed by atoms with E-state index in [2.05, 4.69) is 26.0 Å². The zero-order valence-corrected chi connectivity index (χ0v) is 12.4. The maximum atomic E-state index is 12.4. The van der Waals surface area contributed by atoms with Crippen LogP contribution in [0.15, 0.2) is 24.3 Å². The molecule has 0 atom stereocenters. The van der Waals surface area contributed by atoms with Crippen molar-refractivity contribution in [2.75, 3.05) is 7.05 Å². The second kappa shape index (κ2) is 6.23. The van der Waals surface area contributed by atoms with E-state index in [-0.39, 0.29) is 5.91 Å². The van der Waals surface area contributed by atoms with Gasteiger partial charge in [-0.3, -0.25) is 4.79 Å². The molecule has 1 aromatic carbocycles. The Morgan fingerprint density at radius 2 is 1.84 bits per heavy atom. The number of likely N-dealkylation sites (N-methyl/N-ethyl adjacent to an activating group) is 1. The SMILES string of the molecule is Cc1ccccc1CC(=O)N(C)C1CCC(C)CC1. The van der Waals surface area contributed by atoms with E-state index in [0.717, 1.165) is 24.3 Å². The van der Waals surface area contributed by atoms with Gasteiger partial charge >= 0.3 is 0 Å². The molecule has 0 heterocycles. The average Bonchev–Trinajstić information content (AvgIpc) is 2.41. The minimum absolute atomic E-state index is 0.258. The van der Waals surface area contributed by atoms with Gasteiger partial charge in [0.2, 0.25) is 5.91 Å². The summed E-state index contributed by atoms with van der Waals surface area (Å²) < 4.78 is 0. The highest BCUT2D eigenvalue weighted by Gasteiger charge is 2.24. The Morgan fingerprint density at radius 3 is 2.47 bits per heavy atom. The van der Waals surface area contributed by atoms with Crippen molar-refractivity contribution in [3.63, 3.8) is 0 Å². The van der Waals surface area contributed by atoms with Crippen molar-refractivity contribution in [1.29, 1.82) is 0 Å². The topological polar surface area (TPSA) is 20.3 Å². The number of carbonyl (C=O) groups excluding carboxylic acids is 1. The van der Waals surface area contributed by atoms with Crippen molar-refractivity contribution >= 4 is 5.91 Å². The largest absolute Gasteiger partial charge is 0.342 e. The Morgan fingerprint density at radius 1 is 1.21 bits per heavy atom. The zero-order valence-electron chi connectivity index (χ0n) is 12.4. The van der Waals surface area contributed by atoms with Crippen LogP contribution in [0.2, 0.25) is 0 Å². The van der Waals surface area contributed by atoms with Gasteiger partial charge in [0.25, 0.3) is 0 Å². The number of hydrogen-bond acceptors (Lipinski definition) is 1. The van der Waals surface area contributed by atoms with E-state index in [4.69, 9.17) is 0 Å². The molecule has 1 saturated carbocycles. The van der Waals surface area contributed by atoms with E-state index in [1.165, 1.54) is 18.4 Å². The van der Waals surface area contributed by atoms with Gasteiger partial charge in [0.1, 0.15) is 0 Å². The van der Waals surface area contributed by atoms with Crippen molar-refractivity contribution in [1.82, 2.24) is 4.90 Å². The molecule has 0 unspecified atom stereocenters. The Bertz CT molecular complexity index is 433. The number of nitrogens with zero attached hydrogens (tertiary/aromatic N) is 1. The molecule has 1 fully saturated rings. The van der Waals surface area contributed by atoms with E-state index >= 15 is 0 Å². The highest BCUT2D eigenvalue weighted by atomic mass is 16.2. The lowest BCUT2D eigenvalue weighted by Crippen LogP contribution is -2.40. The Labute approximate surface area is 116 Å². The molecule has 1 aliphatic carbocycles. The zero-order chi connectivity index (χ0) is 13.8. The molecule has 1 aliphatic rings. The van der Waals surface area contributed by atoms with Crippen molar-refractivity contribution in [2.24, 2.45) is 5.92 Å². The average molecular weight is 259 g/mol. The first-order chi connectivity index (χ1) is 9.08. The van der Waals surface area contributed by atoms with Crippen molar-refractivity contribution in [2.45, 2.75) is 52.0 Å². The Balaban J connectivity index is 1.94. The summed E-state index contributed by atoms with van der Waals surface area (Å²) in [5.41, 5.74) is 2.37. The van der Waals surface area contributed by atoms with Gasteiger partial charge in [0.15, 0.2) is 0 Å². The molecule has 0 aromatic heterocycles. The first-order valence-corrected chi connectivity index (χ1v) is 7.38. The molecule has 2 heteroatoms. The fourth-order valence-corrected chi connectivity index (χ4v) is 2.93. The predicted molar refractivity (Wildman–Crippen MR) is 79.1 cm³/mol. The van der Waals surface area contributed by atoms with Crippen LogP contribution < -0.4 is 0 Å². The third kappa shape index (κ3) is 3.59. The van der Waals surface area contributed by atoms with Crippen molar-refractivity contribution in [3.8, 4) is 0 Å². The molecule has 1 amide bonds. The van der Waals surface area contributed by atoms with Gasteiger partial charge in [-0.15, -0.1) is 0 Å². The first kappa shape index (κ1) is 14.1. The smallest absolute Gasteiger partial charge is 0.226 e. The van der Waals surface area contributed by atoms with Crippen molar-refractivity contribution in [3.05, 3.63) is 35.4 Å². The molecular formula is C17H25NO. The molecule has 2 nitrogen and oxygen atoms in total. The lowest BCUT2D eigenvalue weighted by molar-refractivity contribution is -0.132. The molecule has 0 radical (unpaired) electrons. The summed E-state index contributed by atoms with van der Waals surface area (Å²) in [6, 6.07) is 8.62. The van der Waals surface area contributed by atoms with E-state index in [1.807, 2.05) is 24.1 Å². The first-order valence-electron chi connectivity index (χ1n) is 7.38.